The fourth-order valence-electron chi connectivity index (χ4n) is 1.54. The van der Waals surface area contributed by atoms with Crippen LogP contribution in [0.2, 0.25) is 0 Å². The number of aliphatic hydroxyl groups is 2. The van der Waals surface area contributed by atoms with Crippen molar-refractivity contribution < 1.29 is 10.2 Å². The molecule has 4 N–H and O–H groups in total. The largest absolute Gasteiger partial charge is 0.398 e. The number of aliphatic hydroxyl groups excluding tert-OH is 2. The molecule has 0 aliphatic heterocycles. The first-order valence-electron chi connectivity index (χ1n) is 5.73. The van der Waals surface area contributed by atoms with Gasteiger partial charge in [0.05, 0.1) is 12.7 Å². The average molecular weight is 238 g/mol. The van der Waals surface area contributed by atoms with E-state index in [1.165, 1.54) is 0 Å². The molecule has 0 aromatic heterocycles. The van der Waals surface area contributed by atoms with Gasteiger partial charge >= 0.3 is 0 Å². The monoisotopic (exact) mass is 238 g/mol. The Morgan fingerprint density at radius 3 is 2.47 bits per heavy atom. The van der Waals surface area contributed by atoms with Crippen LogP contribution in [0.4, 0.5) is 5.69 Å². The summed E-state index contributed by atoms with van der Waals surface area (Å²) in [5, 5.41) is 19.4. The van der Waals surface area contributed by atoms with Crippen molar-refractivity contribution in [2.75, 3.05) is 25.9 Å². The highest BCUT2D eigenvalue weighted by Gasteiger charge is 2.25. The zero-order valence-corrected chi connectivity index (χ0v) is 10.7. The number of benzene rings is 1. The van der Waals surface area contributed by atoms with Crippen molar-refractivity contribution >= 4 is 5.69 Å². The second-order valence-electron chi connectivity index (χ2n) is 5.00. The summed E-state index contributed by atoms with van der Waals surface area (Å²) in [5.74, 6) is 0. The smallest absolute Gasteiger partial charge is 0.0936 e. The lowest BCUT2D eigenvalue weighted by atomic mass is 10.0. The Morgan fingerprint density at radius 1 is 1.35 bits per heavy atom. The van der Waals surface area contributed by atoms with E-state index in [9.17, 15) is 10.2 Å². The first-order chi connectivity index (χ1) is 7.88. The van der Waals surface area contributed by atoms with Gasteiger partial charge in [-0.15, -0.1) is 0 Å². The molecule has 17 heavy (non-hydrogen) atoms. The molecule has 0 aliphatic carbocycles. The van der Waals surface area contributed by atoms with Gasteiger partial charge in [0.2, 0.25) is 0 Å². The highest BCUT2D eigenvalue weighted by molar-refractivity contribution is 5.47. The van der Waals surface area contributed by atoms with Crippen molar-refractivity contribution in [2.24, 2.45) is 0 Å². The molecule has 1 aromatic rings. The minimum absolute atomic E-state index is 0.0422. The first kappa shape index (κ1) is 14.0. The zero-order chi connectivity index (χ0) is 13.1. The topological polar surface area (TPSA) is 69.7 Å². The number of β-amino-alcohol motifs (C(OH)–C–C–N with tert-alkyl or cyclic N) is 1. The summed E-state index contributed by atoms with van der Waals surface area (Å²) in [6, 6.07) is 7.29. The van der Waals surface area contributed by atoms with Crippen LogP contribution in [-0.4, -0.2) is 40.9 Å². The van der Waals surface area contributed by atoms with Crippen LogP contribution < -0.4 is 5.73 Å². The van der Waals surface area contributed by atoms with Gasteiger partial charge in [-0.2, -0.15) is 0 Å². The minimum Gasteiger partial charge on any atom is -0.398 e. The molecule has 0 heterocycles. The van der Waals surface area contributed by atoms with Crippen LogP contribution in [0.5, 0.6) is 0 Å². The number of nitrogens with two attached hydrogens (primary N) is 1. The molecule has 4 nitrogen and oxygen atoms in total. The van der Waals surface area contributed by atoms with Gasteiger partial charge in [0.15, 0.2) is 0 Å². The van der Waals surface area contributed by atoms with Crippen LogP contribution in [0.25, 0.3) is 0 Å². The van der Waals surface area contributed by atoms with Gasteiger partial charge in [0, 0.05) is 23.3 Å². The Hall–Kier alpha value is -1.10. The number of hydrogen-bond acceptors (Lipinski definition) is 4. The van der Waals surface area contributed by atoms with Crippen LogP contribution in [0.15, 0.2) is 24.3 Å². The van der Waals surface area contributed by atoms with E-state index in [4.69, 9.17) is 5.73 Å². The van der Waals surface area contributed by atoms with Gasteiger partial charge in [0.1, 0.15) is 0 Å². The molecule has 0 saturated carbocycles. The van der Waals surface area contributed by atoms with Gasteiger partial charge in [-0.1, -0.05) is 18.2 Å². The Kier molecular flexibility index (Phi) is 4.51. The third kappa shape index (κ3) is 3.43. The van der Waals surface area contributed by atoms with Crippen molar-refractivity contribution in [1.82, 2.24) is 4.90 Å². The molecule has 0 spiro atoms. The number of rotatable bonds is 5. The molecule has 96 valence electrons. The molecule has 0 radical (unpaired) electrons. The number of anilines is 1. The van der Waals surface area contributed by atoms with Crippen molar-refractivity contribution in [1.29, 1.82) is 0 Å². The molecule has 0 saturated heterocycles. The number of nitrogens with zero attached hydrogens (tertiary/aromatic N) is 1. The summed E-state index contributed by atoms with van der Waals surface area (Å²) in [6.45, 7) is 4.32. The number of para-hydroxylation sites is 1. The molecule has 0 bridgehead atoms. The Labute approximate surface area is 103 Å². The maximum Gasteiger partial charge on any atom is 0.0936 e. The lowest BCUT2D eigenvalue weighted by Gasteiger charge is -2.35. The average Bonchev–Trinajstić information content (AvgIpc) is 2.29. The molecule has 1 atom stereocenters. The molecular weight excluding hydrogens is 216 g/mol. The van der Waals surface area contributed by atoms with Gasteiger partial charge in [-0.25, -0.2) is 0 Å². The highest BCUT2D eigenvalue weighted by atomic mass is 16.3. The summed E-state index contributed by atoms with van der Waals surface area (Å²) in [6.07, 6.45) is -0.646. The van der Waals surface area contributed by atoms with E-state index in [0.717, 1.165) is 5.56 Å². The predicted molar refractivity (Wildman–Crippen MR) is 69.6 cm³/mol. The summed E-state index contributed by atoms with van der Waals surface area (Å²) >= 11 is 0. The van der Waals surface area contributed by atoms with E-state index in [2.05, 4.69) is 0 Å². The molecular formula is C13H22N2O2. The number of nitrogen functional groups attached to an aromatic ring is 1. The standard InChI is InChI=1S/C13H22N2O2/c1-13(2,9-16)15(3)8-12(17)10-6-4-5-7-11(10)14/h4-7,12,16-17H,8-9,14H2,1-3H3. The Bertz CT molecular complexity index is 366. The van der Waals surface area contributed by atoms with Crippen LogP contribution >= 0.6 is 0 Å². The Balaban J connectivity index is 2.73. The second-order valence-corrected chi connectivity index (χ2v) is 5.00. The molecule has 1 rings (SSSR count). The van der Waals surface area contributed by atoms with Crippen LogP contribution in [-0.2, 0) is 0 Å². The quantitative estimate of drug-likeness (QED) is 0.669. The van der Waals surface area contributed by atoms with Gasteiger partial charge in [-0.05, 0) is 27.0 Å². The van der Waals surface area contributed by atoms with Gasteiger partial charge < -0.3 is 15.9 Å². The number of likely N-dealkylation sites (N-methyl/N-ethyl adjacent to an activating group) is 1. The van der Waals surface area contributed by atoms with E-state index in [1.807, 2.05) is 44.0 Å². The molecule has 4 heteroatoms. The maximum atomic E-state index is 10.1. The van der Waals surface area contributed by atoms with Gasteiger partial charge in [0.25, 0.3) is 0 Å². The SMILES string of the molecule is CN(CC(O)c1ccccc1N)C(C)(C)CO. The molecule has 0 aliphatic rings. The van der Waals surface area contributed by atoms with Crippen molar-refractivity contribution in [3.05, 3.63) is 29.8 Å². The highest BCUT2D eigenvalue weighted by Crippen LogP contribution is 2.22. The molecule has 0 amide bonds. The first-order valence-corrected chi connectivity index (χ1v) is 5.73. The van der Waals surface area contributed by atoms with Crippen molar-refractivity contribution in [3.63, 3.8) is 0 Å². The van der Waals surface area contributed by atoms with E-state index in [0.29, 0.717) is 12.2 Å². The zero-order valence-electron chi connectivity index (χ0n) is 10.7. The van der Waals surface area contributed by atoms with Crippen molar-refractivity contribution in [3.8, 4) is 0 Å². The molecule has 1 unspecified atom stereocenters. The summed E-state index contributed by atoms with van der Waals surface area (Å²) < 4.78 is 0. The van der Waals surface area contributed by atoms with E-state index < -0.39 is 6.10 Å². The van der Waals surface area contributed by atoms with Crippen LogP contribution in [0.3, 0.4) is 0 Å². The fraction of sp³-hybridized carbons (Fsp3) is 0.538. The number of hydrogen-bond donors (Lipinski definition) is 3. The lowest BCUT2D eigenvalue weighted by molar-refractivity contribution is 0.0362. The third-order valence-corrected chi connectivity index (χ3v) is 3.22. The summed E-state index contributed by atoms with van der Waals surface area (Å²) in [5.41, 5.74) is 6.78. The third-order valence-electron chi connectivity index (χ3n) is 3.22. The Morgan fingerprint density at radius 2 is 1.94 bits per heavy atom. The maximum absolute atomic E-state index is 10.1. The summed E-state index contributed by atoms with van der Waals surface area (Å²) in [4.78, 5) is 1.92. The van der Waals surface area contributed by atoms with E-state index >= 15 is 0 Å². The van der Waals surface area contributed by atoms with E-state index in [1.54, 1.807) is 6.07 Å². The normalized spacial score (nSPS) is 14.0. The lowest BCUT2D eigenvalue weighted by Crippen LogP contribution is -2.46. The fourth-order valence-corrected chi connectivity index (χ4v) is 1.54. The van der Waals surface area contributed by atoms with E-state index in [-0.39, 0.29) is 12.1 Å². The van der Waals surface area contributed by atoms with Crippen LogP contribution in [0, 0.1) is 0 Å². The molecule has 1 aromatic carbocycles. The second kappa shape index (κ2) is 5.49. The summed E-state index contributed by atoms with van der Waals surface area (Å²) in [7, 11) is 1.87. The minimum atomic E-state index is -0.646. The van der Waals surface area contributed by atoms with Crippen molar-refractivity contribution in [2.45, 2.75) is 25.5 Å². The molecule has 0 fully saturated rings. The van der Waals surface area contributed by atoms with Gasteiger partial charge in [-0.3, -0.25) is 4.90 Å². The predicted octanol–water partition coefficient (Wildman–Crippen LogP) is 1.00. The van der Waals surface area contributed by atoms with Crippen LogP contribution in [0.1, 0.15) is 25.5 Å².